The number of aliphatic hydroxyl groups excluding tert-OH is 1. The summed E-state index contributed by atoms with van der Waals surface area (Å²) in [5.74, 6) is 0. The lowest BCUT2D eigenvalue weighted by Gasteiger charge is -2.28. The maximum Gasteiger partial charge on any atom is 0.170 e. The Kier molecular flexibility index (Phi) is 7.54. The molecule has 0 unspecified atom stereocenters. The van der Waals surface area contributed by atoms with E-state index < -0.39 is 0 Å². The van der Waals surface area contributed by atoms with E-state index in [2.05, 4.69) is 82.7 Å². The molecule has 2 aromatic heterocycles. The zero-order valence-corrected chi connectivity index (χ0v) is 21.3. The van der Waals surface area contributed by atoms with Gasteiger partial charge in [-0.2, -0.15) is 0 Å². The van der Waals surface area contributed by atoms with Crippen LogP contribution in [0, 0.1) is 13.8 Å². The van der Waals surface area contributed by atoms with E-state index >= 15 is 0 Å². The van der Waals surface area contributed by atoms with Gasteiger partial charge in [-0.15, -0.1) is 0 Å². The standard InChI is InChI=1S/C27H35N5OS/c1-5-30(6-2)21-11-13-22(14-12-21)32-19(3)18-23(20(32)4)26-25(24-10-7-8-15-28-24)29-27(34)31(26)16-9-17-33/h7-8,10-15,18,25-26,33H,5-6,9,16-17H2,1-4H3,(H,29,34)/t25-,26-/m1/s1. The first-order valence-corrected chi connectivity index (χ1v) is 12.5. The van der Waals surface area contributed by atoms with Crippen molar-refractivity contribution in [3.05, 3.63) is 77.4 Å². The molecule has 7 heteroatoms. The molecule has 34 heavy (non-hydrogen) atoms. The molecule has 0 aliphatic carbocycles. The number of thiocarbonyl (C=S) groups is 1. The summed E-state index contributed by atoms with van der Waals surface area (Å²) < 4.78 is 2.32. The quantitative estimate of drug-likeness (QED) is 0.436. The average Bonchev–Trinajstić information content (AvgIpc) is 3.34. The number of anilines is 1. The fourth-order valence-electron chi connectivity index (χ4n) is 5.11. The highest BCUT2D eigenvalue weighted by Crippen LogP contribution is 2.41. The molecule has 0 amide bonds. The van der Waals surface area contributed by atoms with Gasteiger partial charge in [-0.3, -0.25) is 4.98 Å². The third kappa shape index (κ3) is 4.55. The Labute approximate surface area is 208 Å². The molecule has 180 valence electrons. The number of nitrogens with one attached hydrogen (secondary N) is 1. The van der Waals surface area contributed by atoms with Gasteiger partial charge in [-0.25, -0.2) is 0 Å². The smallest absolute Gasteiger partial charge is 0.170 e. The molecule has 0 radical (unpaired) electrons. The molecule has 2 atom stereocenters. The van der Waals surface area contributed by atoms with Gasteiger partial charge >= 0.3 is 0 Å². The van der Waals surface area contributed by atoms with E-state index in [-0.39, 0.29) is 18.7 Å². The number of aromatic nitrogens is 2. The van der Waals surface area contributed by atoms with Gasteiger partial charge in [0, 0.05) is 55.2 Å². The normalized spacial score (nSPS) is 17.8. The van der Waals surface area contributed by atoms with Gasteiger partial charge < -0.3 is 24.8 Å². The van der Waals surface area contributed by atoms with Gasteiger partial charge in [0.05, 0.1) is 17.8 Å². The van der Waals surface area contributed by atoms with E-state index in [0.717, 1.165) is 24.5 Å². The van der Waals surface area contributed by atoms with Crippen molar-refractivity contribution in [1.29, 1.82) is 0 Å². The Bertz CT molecular complexity index is 1110. The van der Waals surface area contributed by atoms with Crippen molar-refractivity contribution in [2.24, 2.45) is 0 Å². The maximum atomic E-state index is 9.49. The Hall–Kier alpha value is -2.90. The van der Waals surface area contributed by atoms with Crippen LogP contribution in [-0.2, 0) is 0 Å². The fourth-order valence-corrected chi connectivity index (χ4v) is 5.44. The molecular formula is C27H35N5OS. The highest BCUT2D eigenvalue weighted by molar-refractivity contribution is 7.80. The molecule has 1 aromatic carbocycles. The second kappa shape index (κ2) is 10.6. The monoisotopic (exact) mass is 477 g/mol. The Balaban J connectivity index is 1.75. The molecule has 1 saturated heterocycles. The summed E-state index contributed by atoms with van der Waals surface area (Å²) in [5, 5.41) is 13.7. The van der Waals surface area contributed by atoms with Crippen molar-refractivity contribution in [3.8, 4) is 5.69 Å². The van der Waals surface area contributed by atoms with Crippen molar-refractivity contribution >= 4 is 23.0 Å². The van der Waals surface area contributed by atoms with Crippen molar-refractivity contribution in [2.75, 3.05) is 31.1 Å². The number of hydrogen-bond acceptors (Lipinski definition) is 4. The number of hydrogen-bond donors (Lipinski definition) is 2. The minimum atomic E-state index is -0.0496. The first-order chi connectivity index (χ1) is 16.5. The van der Waals surface area contributed by atoms with Gasteiger partial charge in [0.15, 0.2) is 5.11 Å². The van der Waals surface area contributed by atoms with Crippen LogP contribution in [0.5, 0.6) is 0 Å². The summed E-state index contributed by atoms with van der Waals surface area (Å²) in [6.07, 6.45) is 2.49. The second-order valence-electron chi connectivity index (χ2n) is 8.75. The van der Waals surface area contributed by atoms with Crippen LogP contribution in [0.15, 0.2) is 54.7 Å². The van der Waals surface area contributed by atoms with Crippen LogP contribution in [0.25, 0.3) is 5.69 Å². The fraction of sp³-hybridized carbons (Fsp3) is 0.407. The zero-order valence-electron chi connectivity index (χ0n) is 20.5. The highest BCUT2D eigenvalue weighted by atomic mass is 32.1. The molecule has 1 aliphatic heterocycles. The summed E-state index contributed by atoms with van der Waals surface area (Å²) in [6.45, 7) is 11.5. The molecule has 2 N–H and O–H groups in total. The van der Waals surface area contributed by atoms with Gasteiger partial charge in [0.25, 0.3) is 0 Å². The number of rotatable bonds is 9. The SMILES string of the molecule is CCN(CC)c1ccc(-n2c(C)cc([C@@H]3[C@@H](c4ccccn4)NC(=S)N3CCCO)c2C)cc1. The van der Waals surface area contributed by atoms with Crippen LogP contribution in [0.3, 0.4) is 0 Å². The number of aryl methyl sites for hydroxylation is 1. The van der Waals surface area contributed by atoms with E-state index in [4.69, 9.17) is 12.2 Å². The van der Waals surface area contributed by atoms with Crippen molar-refractivity contribution in [1.82, 2.24) is 19.8 Å². The van der Waals surface area contributed by atoms with Crippen LogP contribution in [-0.4, -0.2) is 50.9 Å². The van der Waals surface area contributed by atoms with Crippen molar-refractivity contribution in [3.63, 3.8) is 0 Å². The molecule has 0 saturated carbocycles. The van der Waals surface area contributed by atoms with E-state index in [1.807, 2.05) is 24.4 Å². The lowest BCUT2D eigenvalue weighted by atomic mass is 9.96. The van der Waals surface area contributed by atoms with E-state index in [1.165, 1.54) is 22.6 Å². The molecule has 4 rings (SSSR count). The van der Waals surface area contributed by atoms with Gasteiger partial charge in [0.1, 0.15) is 0 Å². The summed E-state index contributed by atoms with van der Waals surface area (Å²) >= 11 is 5.74. The third-order valence-electron chi connectivity index (χ3n) is 6.78. The summed E-state index contributed by atoms with van der Waals surface area (Å²) in [5.41, 5.74) is 6.97. The Morgan fingerprint density at radius 1 is 1.09 bits per heavy atom. The minimum Gasteiger partial charge on any atom is -0.396 e. The Morgan fingerprint density at radius 3 is 2.44 bits per heavy atom. The summed E-state index contributed by atoms with van der Waals surface area (Å²) in [6, 6.07) is 17.0. The van der Waals surface area contributed by atoms with Crippen LogP contribution in [0.1, 0.15) is 55.0 Å². The van der Waals surface area contributed by atoms with Gasteiger partial charge in [-0.1, -0.05) is 6.07 Å². The lowest BCUT2D eigenvalue weighted by molar-refractivity contribution is 0.247. The predicted molar refractivity (Wildman–Crippen MR) is 143 cm³/mol. The van der Waals surface area contributed by atoms with E-state index in [1.54, 1.807) is 0 Å². The number of aliphatic hydroxyl groups is 1. The minimum absolute atomic E-state index is 0.00356. The molecule has 0 spiro atoms. The first-order valence-electron chi connectivity index (χ1n) is 12.1. The summed E-state index contributed by atoms with van der Waals surface area (Å²) in [7, 11) is 0. The first kappa shape index (κ1) is 24.2. The van der Waals surface area contributed by atoms with Crippen LogP contribution >= 0.6 is 12.2 Å². The molecule has 1 fully saturated rings. The highest BCUT2D eigenvalue weighted by Gasteiger charge is 2.41. The number of nitrogens with zero attached hydrogens (tertiary/aromatic N) is 4. The Morgan fingerprint density at radius 2 is 1.82 bits per heavy atom. The predicted octanol–water partition coefficient (Wildman–Crippen LogP) is 4.69. The third-order valence-corrected chi connectivity index (χ3v) is 7.13. The molecule has 6 nitrogen and oxygen atoms in total. The molecule has 3 heterocycles. The average molecular weight is 478 g/mol. The van der Waals surface area contributed by atoms with Crippen molar-refractivity contribution in [2.45, 2.75) is 46.2 Å². The molecule has 3 aromatic rings. The topological polar surface area (TPSA) is 56.6 Å². The molecular weight excluding hydrogens is 442 g/mol. The van der Waals surface area contributed by atoms with Crippen LogP contribution in [0.2, 0.25) is 0 Å². The van der Waals surface area contributed by atoms with E-state index in [0.29, 0.717) is 18.1 Å². The maximum absolute atomic E-state index is 9.49. The second-order valence-corrected chi connectivity index (χ2v) is 9.13. The molecule has 0 bridgehead atoms. The van der Waals surface area contributed by atoms with Crippen LogP contribution in [0.4, 0.5) is 5.69 Å². The zero-order chi connectivity index (χ0) is 24.2. The van der Waals surface area contributed by atoms with Gasteiger partial charge in [0.2, 0.25) is 0 Å². The molecule has 1 aliphatic rings. The van der Waals surface area contributed by atoms with Crippen molar-refractivity contribution < 1.29 is 5.11 Å². The number of pyridine rings is 1. The largest absolute Gasteiger partial charge is 0.396 e. The van der Waals surface area contributed by atoms with Crippen LogP contribution < -0.4 is 10.2 Å². The number of benzene rings is 1. The van der Waals surface area contributed by atoms with E-state index in [9.17, 15) is 5.11 Å². The lowest BCUT2D eigenvalue weighted by Crippen LogP contribution is -2.31. The summed E-state index contributed by atoms with van der Waals surface area (Å²) in [4.78, 5) is 9.20. The van der Waals surface area contributed by atoms with Gasteiger partial charge in [-0.05, 0) is 94.4 Å².